The van der Waals surface area contributed by atoms with Crippen LogP contribution in [0.3, 0.4) is 0 Å². The second-order valence-electron chi connectivity index (χ2n) is 6.69. The van der Waals surface area contributed by atoms with Crippen LogP contribution in [0.1, 0.15) is 26.7 Å². The average Bonchev–Trinajstić information content (AvgIpc) is 3.20. The van der Waals surface area contributed by atoms with Crippen molar-refractivity contribution in [3.63, 3.8) is 0 Å². The molecular weight excluding hydrogens is 386 g/mol. The van der Waals surface area contributed by atoms with Gasteiger partial charge < -0.3 is 19.5 Å². The van der Waals surface area contributed by atoms with Crippen molar-refractivity contribution in [3.8, 4) is 28.8 Å². The number of benzene rings is 1. The molecule has 3 rings (SSSR count). The molecule has 9 nitrogen and oxygen atoms in total. The zero-order valence-electron chi connectivity index (χ0n) is 17.7. The fourth-order valence-corrected chi connectivity index (χ4v) is 3.14. The predicted octanol–water partition coefficient (Wildman–Crippen LogP) is 2.74. The second-order valence-corrected chi connectivity index (χ2v) is 6.69. The fourth-order valence-electron chi connectivity index (χ4n) is 3.14. The van der Waals surface area contributed by atoms with Crippen LogP contribution in [0.2, 0.25) is 0 Å². The number of methoxy groups -OCH3 is 2. The van der Waals surface area contributed by atoms with E-state index in [-0.39, 0.29) is 11.8 Å². The molecule has 0 aliphatic carbocycles. The van der Waals surface area contributed by atoms with Crippen molar-refractivity contribution in [1.29, 1.82) is 0 Å². The number of hydrogen-bond donors (Lipinski definition) is 1. The van der Waals surface area contributed by atoms with Gasteiger partial charge in [-0.2, -0.15) is 4.52 Å². The predicted molar refractivity (Wildman–Crippen MR) is 112 cm³/mol. The summed E-state index contributed by atoms with van der Waals surface area (Å²) >= 11 is 0. The molecule has 1 amide bonds. The molecule has 3 aromatic rings. The first-order chi connectivity index (χ1) is 14.6. The zero-order valence-corrected chi connectivity index (χ0v) is 17.7. The van der Waals surface area contributed by atoms with E-state index in [0.29, 0.717) is 42.0 Å². The maximum Gasteiger partial charge on any atom is 0.231 e. The van der Waals surface area contributed by atoms with Gasteiger partial charge >= 0.3 is 0 Å². The van der Waals surface area contributed by atoms with Crippen LogP contribution in [-0.4, -0.2) is 53.1 Å². The van der Waals surface area contributed by atoms with Gasteiger partial charge in [-0.05, 0) is 37.1 Å². The Morgan fingerprint density at radius 2 is 1.83 bits per heavy atom. The van der Waals surface area contributed by atoms with E-state index in [9.17, 15) is 4.79 Å². The van der Waals surface area contributed by atoms with Crippen molar-refractivity contribution in [2.24, 2.45) is 5.92 Å². The van der Waals surface area contributed by atoms with Crippen molar-refractivity contribution < 1.29 is 19.0 Å². The zero-order chi connectivity index (χ0) is 21.5. The van der Waals surface area contributed by atoms with E-state index in [1.165, 1.54) is 0 Å². The van der Waals surface area contributed by atoms with Gasteiger partial charge in [0.05, 0.1) is 20.8 Å². The molecule has 0 unspecified atom stereocenters. The maximum atomic E-state index is 12.0. The summed E-state index contributed by atoms with van der Waals surface area (Å²) < 4.78 is 18.0. The molecule has 0 aliphatic rings. The molecule has 0 bridgehead atoms. The van der Waals surface area contributed by atoms with E-state index in [2.05, 4.69) is 20.6 Å². The van der Waals surface area contributed by atoms with Crippen LogP contribution in [0.5, 0.6) is 17.4 Å². The summed E-state index contributed by atoms with van der Waals surface area (Å²) in [4.78, 5) is 12.0. The minimum absolute atomic E-state index is 0.0422. The lowest BCUT2D eigenvalue weighted by molar-refractivity contribution is -0.125. The third-order valence-corrected chi connectivity index (χ3v) is 4.89. The molecule has 30 heavy (non-hydrogen) atoms. The smallest absolute Gasteiger partial charge is 0.231 e. The molecule has 0 saturated heterocycles. The number of rotatable bonds is 10. The lowest BCUT2D eigenvalue weighted by atomic mass is 10.0. The van der Waals surface area contributed by atoms with E-state index in [4.69, 9.17) is 14.2 Å². The van der Waals surface area contributed by atoms with Crippen molar-refractivity contribution in [2.45, 2.75) is 26.7 Å². The summed E-state index contributed by atoms with van der Waals surface area (Å²) in [7, 11) is 3.16. The molecule has 0 spiro atoms. The van der Waals surface area contributed by atoms with E-state index >= 15 is 0 Å². The molecule has 0 atom stereocenters. The van der Waals surface area contributed by atoms with Gasteiger partial charge in [-0.25, -0.2) is 0 Å². The number of aromatic nitrogens is 4. The lowest BCUT2D eigenvalue weighted by Crippen LogP contribution is -2.33. The van der Waals surface area contributed by atoms with Crippen molar-refractivity contribution in [1.82, 2.24) is 25.1 Å². The topological polar surface area (TPSA) is 99.9 Å². The van der Waals surface area contributed by atoms with Crippen molar-refractivity contribution in [2.75, 3.05) is 27.4 Å². The molecule has 0 aliphatic heterocycles. The number of ether oxygens (including phenoxy) is 3. The van der Waals surface area contributed by atoms with E-state index in [1.807, 2.05) is 26.0 Å². The monoisotopic (exact) mass is 413 g/mol. The van der Waals surface area contributed by atoms with Gasteiger partial charge in [0.15, 0.2) is 23.0 Å². The number of carbonyl (C=O) groups is 1. The molecular formula is C21H27N5O4. The highest BCUT2D eigenvalue weighted by molar-refractivity contribution is 5.78. The van der Waals surface area contributed by atoms with E-state index < -0.39 is 0 Å². The van der Waals surface area contributed by atoms with Crippen LogP contribution in [0.4, 0.5) is 0 Å². The molecule has 160 valence electrons. The van der Waals surface area contributed by atoms with Crippen LogP contribution < -0.4 is 19.5 Å². The van der Waals surface area contributed by atoms with Crippen molar-refractivity contribution in [3.05, 3.63) is 30.3 Å². The van der Waals surface area contributed by atoms with Crippen LogP contribution >= 0.6 is 0 Å². The highest BCUT2D eigenvalue weighted by atomic mass is 16.5. The minimum atomic E-state index is 0.0422. The van der Waals surface area contributed by atoms with Crippen LogP contribution in [0.15, 0.2) is 30.3 Å². The number of fused-ring (bicyclic) bond motifs is 1. The summed E-state index contributed by atoms with van der Waals surface area (Å²) in [6.45, 7) is 4.76. The van der Waals surface area contributed by atoms with Crippen LogP contribution in [0, 0.1) is 5.92 Å². The highest BCUT2D eigenvalue weighted by Crippen LogP contribution is 2.31. The normalized spacial score (nSPS) is 11.0. The van der Waals surface area contributed by atoms with Gasteiger partial charge in [-0.1, -0.05) is 13.8 Å². The van der Waals surface area contributed by atoms with Gasteiger partial charge in [0, 0.05) is 17.5 Å². The maximum absolute atomic E-state index is 12.0. The molecule has 0 saturated carbocycles. The Morgan fingerprint density at radius 3 is 2.53 bits per heavy atom. The van der Waals surface area contributed by atoms with Gasteiger partial charge in [0.2, 0.25) is 11.8 Å². The van der Waals surface area contributed by atoms with Gasteiger partial charge in [0.25, 0.3) is 0 Å². The molecule has 1 N–H and O–H groups in total. The number of nitrogens with zero attached hydrogens (tertiary/aromatic N) is 4. The summed E-state index contributed by atoms with van der Waals surface area (Å²) in [5.74, 6) is 2.29. The standard InChI is InChI=1S/C21H27N5O4/c1-5-14(6-2)21(27)22-11-12-30-19-10-9-18-23-24-20(26(18)25-19)15-7-8-16(28-3)17(13-15)29-4/h7-10,13-14H,5-6,11-12H2,1-4H3,(H,22,27). The molecule has 9 heteroatoms. The first-order valence-corrected chi connectivity index (χ1v) is 9.96. The molecule has 0 radical (unpaired) electrons. The van der Waals surface area contributed by atoms with Gasteiger partial charge in [0.1, 0.15) is 6.61 Å². The number of hydrogen-bond acceptors (Lipinski definition) is 7. The van der Waals surface area contributed by atoms with Gasteiger partial charge in [-0.15, -0.1) is 15.3 Å². The third kappa shape index (κ3) is 4.61. The Hall–Kier alpha value is -3.36. The summed E-state index contributed by atoms with van der Waals surface area (Å²) in [6.07, 6.45) is 1.65. The largest absolute Gasteiger partial charge is 0.493 e. The fraction of sp³-hybridized carbons (Fsp3) is 0.429. The second kappa shape index (κ2) is 9.91. The van der Waals surface area contributed by atoms with E-state index in [0.717, 1.165) is 18.4 Å². The summed E-state index contributed by atoms with van der Waals surface area (Å²) in [5.41, 5.74) is 1.37. The van der Waals surface area contributed by atoms with Crippen LogP contribution in [-0.2, 0) is 4.79 Å². The number of nitrogens with one attached hydrogen (secondary N) is 1. The minimum Gasteiger partial charge on any atom is -0.493 e. The Balaban J connectivity index is 1.72. The molecule has 2 aromatic heterocycles. The SMILES string of the molecule is CCC(CC)C(=O)NCCOc1ccc2nnc(-c3ccc(OC)c(OC)c3)n2n1. The Labute approximate surface area is 175 Å². The molecule has 0 fully saturated rings. The Kier molecular flexibility index (Phi) is 7.05. The molecule has 2 heterocycles. The number of carbonyl (C=O) groups excluding carboxylic acids is 1. The quantitative estimate of drug-likeness (QED) is 0.510. The Bertz CT molecular complexity index is 1000. The molecule has 1 aromatic carbocycles. The lowest BCUT2D eigenvalue weighted by Gasteiger charge is -2.13. The summed E-state index contributed by atoms with van der Waals surface area (Å²) in [5, 5.41) is 15.8. The third-order valence-electron chi connectivity index (χ3n) is 4.89. The highest BCUT2D eigenvalue weighted by Gasteiger charge is 2.15. The first kappa shape index (κ1) is 21.4. The average molecular weight is 413 g/mol. The van der Waals surface area contributed by atoms with E-state index in [1.54, 1.807) is 36.9 Å². The Morgan fingerprint density at radius 1 is 1.07 bits per heavy atom. The van der Waals surface area contributed by atoms with Crippen molar-refractivity contribution >= 4 is 11.6 Å². The summed E-state index contributed by atoms with van der Waals surface area (Å²) in [6, 6.07) is 8.99. The van der Waals surface area contributed by atoms with Crippen LogP contribution in [0.25, 0.3) is 17.0 Å². The number of amides is 1. The van der Waals surface area contributed by atoms with Gasteiger partial charge in [-0.3, -0.25) is 4.79 Å². The first-order valence-electron chi connectivity index (χ1n) is 9.96.